The lowest BCUT2D eigenvalue weighted by molar-refractivity contribution is -0.145. The smallest absolute Gasteiger partial charge is 0.253 e. The molecule has 0 bridgehead atoms. The number of nitrogens with one attached hydrogen (secondary N) is 2. The van der Waals surface area contributed by atoms with Crippen molar-refractivity contribution in [2.45, 2.75) is 23.9 Å². The van der Waals surface area contributed by atoms with Crippen LogP contribution in [0.15, 0.2) is 96.7 Å². The van der Waals surface area contributed by atoms with E-state index >= 15 is 0 Å². The molecule has 2 amide bonds. The number of thiocarbonyl (C=S) groups is 1. The number of hydrogen-bond donors (Lipinski definition) is 3. The van der Waals surface area contributed by atoms with E-state index in [1.165, 1.54) is 11.8 Å². The molecule has 4 aromatic rings. The number of benzene rings is 3. The first-order chi connectivity index (χ1) is 20.0. The molecule has 3 aromatic carbocycles. The van der Waals surface area contributed by atoms with Crippen molar-refractivity contribution in [1.82, 2.24) is 25.4 Å². The summed E-state index contributed by atoms with van der Waals surface area (Å²) in [5, 5.41) is 9.51. The van der Waals surface area contributed by atoms with Crippen LogP contribution in [0.3, 0.4) is 0 Å². The van der Waals surface area contributed by atoms with Crippen LogP contribution in [0.1, 0.15) is 28.6 Å². The maximum absolute atomic E-state index is 13.6. The highest BCUT2D eigenvalue weighted by Gasteiger charge is 2.54. The first-order valence-electron chi connectivity index (χ1n) is 13.0. The molecule has 4 N–H and O–H groups in total. The zero-order valence-corrected chi connectivity index (χ0v) is 23.4. The molecule has 0 radical (unpaired) electrons. The van der Waals surface area contributed by atoms with E-state index in [2.05, 4.69) is 20.5 Å². The third kappa shape index (κ3) is 5.46. The van der Waals surface area contributed by atoms with Crippen molar-refractivity contribution in [3.8, 4) is 0 Å². The number of thioether (sulfide) groups is 1. The van der Waals surface area contributed by atoms with Crippen molar-refractivity contribution in [3.05, 3.63) is 119 Å². The number of β-lactam (4-membered cyclic amide) rings is 1. The Balaban J connectivity index is 1.30. The van der Waals surface area contributed by atoms with Crippen LogP contribution < -0.4 is 11.1 Å². The van der Waals surface area contributed by atoms with E-state index in [9.17, 15) is 9.59 Å². The minimum atomic E-state index is -0.686. The first kappa shape index (κ1) is 26.7. The summed E-state index contributed by atoms with van der Waals surface area (Å²) in [6.07, 6.45) is -0.325. The van der Waals surface area contributed by atoms with Crippen LogP contribution in [0.5, 0.6) is 0 Å². The maximum atomic E-state index is 13.6. The van der Waals surface area contributed by atoms with E-state index in [1.54, 1.807) is 4.90 Å². The summed E-state index contributed by atoms with van der Waals surface area (Å²) in [5.74, 6) is 0.452. The monoisotopic (exact) mass is 582 g/mol. The minimum absolute atomic E-state index is 0.0817. The Labute approximate surface area is 246 Å². The van der Waals surface area contributed by atoms with Gasteiger partial charge in [-0.2, -0.15) is 4.98 Å². The van der Waals surface area contributed by atoms with Crippen molar-refractivity contribution in [3.63, 3.8) is 0 Å². The number of fused-ring (bicyclic) bond motifs is 1. The number of hydrogen-bond acceptors (Lipinski definition) is 8. The topological polar surface area (TPSA) is 126 Å². The summed E-state index contributed by atoms with van der Waals surface area (Å²) >= 11 is 7.41. The highest BCUT2D eigenvalue weighted by atomic mass is 32.2. The van der Waals surface area contributed by atoms with Crippen LogP contribution in [0.4, 0.5) is 5.95 Å². The second-order valence-electron chi connectivity index (χ2n) is 9.59. The number of ether oxygens (including phenoxy) is 1. The highest BCUT2D eigenvalue weighted by Crippen LogP contribution is 2.44. The van der Waals surface area contributed by atoms with Gasteiger partial charge in [-0.25, -0.2) is 0 Å². The molecule has 3 heterocycles. The van der Waals surface area contributed by atoms with Crippen molar-refractivity contribution < 1.29 is 14.3 Å². The zero-order chi connectivity index (χ0) is 28.3. The van der Waals surface area contributed by atoms with Gasteiger partial charge in [-0.1, -0.05) is 91.0 Å². The Kier molecular flexibility index (Phi) is 7.53. The molecular formula is C30H26N6O3S2. The van der Waals surface area contributed by atoms with Gasteiger partial charge in [0.25, 0.3) is 5.91 Å². The molecule has 41 heavy (non-hydrogen) atoms. The molecule has 11 heteroatoms. The molecule has 1 aromatic heterocycles. The lowest BCUT2D eigenvalue weighted by Gasteiger charge is -2.50. The molecule has 2 aliphatic heterocycles. The van der Waals surface area contributed by atoms with Gasteiger partial charge < -0.3 is 15.8 Å². The largest absolute Gasteiger partial charge is 0.469 e. The van der Waals surface area contributed by atoms with E-state index in [-0.39, 0.29) is 34.6 Å². The molecule has 0 saturated carbocycles. The van der Waals surface area contributed by atoms with Gasteiger partial charge in [0.1, 0.15) is 23.2 Å². The number of rotatable bonds is 8. The number of nitrogen functional groups attached to an aromatic ring is 1. The number of nitrogens with zero attached hydrogens (tertiary/aromatic N) is 3. The van der Waals surface area contributed by atoms with E-state index in [0.717, 1.165) is 16.7 Å². The molecule has 0 aliphatic carbocycles. The highest BCUT2D eigenvalue weighted by molar-refractivity contribution is 8.00. The van der Waals surface area contributed by atoms with Gasteiger partial charge in [0.2, 0.25) is 16.9 Å². The van der Waals surface area contributed by atoms with Crippen molar-refractivity contribution in [1.29, 1.82) is 0 Å². The predicted molar refractivity (Wildman–Crippen MR) is 161 cm³/mol. The lowest BCUT2D eigenvalue weighted by Crippen LogP contribution is -2.70. The maximum Gasteiger partial charge on any atom is 0.253 e. The van der Waals surface area contributed by atoms with Crippen LogP contribution in [-0.4, -0.2) is 54.1 Å². The van der Waals surface area contributed by atoms with Crippen LogP contribution in [0.25, 0.3) is 5.57 Å². The number of aromatic amines is 1. The molecule has 6 rings (SSSR count). The van der Waals surface area contributed by atoms with Gasteiger partial charge >= 0.3 is 0 Å². The number of carbonyl (C=O) groups excluding carboxylic acids is 2. The number of carbonyl (C=O) groups is 2. The van der Waals surface area contributed by atoms with Crippen molar-refractivity contribution >= 4 is 52.4 Å². The van der Waals surface area contributed by atoms with Gasteiger partial charge in [0.05, 0.1) is 6.42 Å². The first-order valence-corrected chi connectivity index (χ1v) is 14.5. The summed E-state index contributed by atoms with van der Waals surface area (Å²) in [4.78, 5) is 32.3. The summed E-state index contributed by atoms with van der Waals surface area (Å²) in [5.41, 5.74) is 9.59. The number of nitrogens with two attached hydrogens (primary N) is 1. The normalized spacial score (nSPS) is 18.1. The fourth-order valence-electron chi connectivity index (χ4n) is 4.95. The molecule has 1 fully saturated rings. The van der Waals surface area contributed by atoms with Gasteiger partial charge in [-0.05, 0) is 28.9 Å². The standard InChI is InChI=1S/C30H26N6O3S2/c31-30-33-26(34-35-30)21-17-41-28-23(32-22(37)16-18-10-4-1-5-11-18)27(38)36(28)24(21)29(40)39-25(19-12-6-2-7-13-19)20-14-8-3-9-15-20/h1-15,23,25,28H,16-17H2,(H,32,37)(H3,31,33,34,35)/t23-,28-/m1/s1. The molecular weight excluding hydrogens is 557 g/mol. The Bertz CT molecular complexity index is 1570. The lowest BCUT2D eigenvalue weighted by atomic mass is 10.0. The summed E-state index contributed by atoms with van der Waals surface area (Å²) in [7, 11) is 0. The van der Waals surface area contributed by atoms with Crippen molar-refractivity contribution in [2.24, 2.45) is 0 Å². The second kappa shape index (κ2) is 11.6. The Morgan fingerprint density at radius 1 is 1.05 bits per heavy atom. The zero-order valence-electron chi connectivity index (χ0n) is 21.8. The summed E-state index contributed by atoms with van der Waals surface area (Å²) < 4.78 is 6.51. The number of anilines is 1. The van der Waals surface area contributed by atoms with Gasteiger partial charge in [-0.15, -0.1) is 16.9 Å². The third-order valence-electron chi connectivity index (χ3n) is 6.90. The average molecular weight is 583 g/mol. The fraction of sp³-hybridized carbons (Fsp3) is 0.167. The second-order valence-corrected chi connectivity index (χ2v) is 11.1. The molecule has 0 unspecified atom stereocenters. The molecule has 206 valence electrons. The fourth-order valence-corrected chi connectivity index (χ4v) is 6.62. The van der Waals surface area contributed by atoms with Crippen LogP contribution in [0.2, 0.25) is 0 Å². The van der Waals surface area contributed by atoms with Crippen LogP contribution >= 0.6 is 24.0 Å². The van der Waals surface area contributed by atoms with Gasteiger partial charge in [0.15, 0.2) is 5.82 Å². The van der Waals surface area contributed by atoms with Crippen LogP contribution in [0, 0.1) is 0 Å². The summed E-state index contributed by atoms with van der Waals surface area (Å²) in [6, 6.07) is 28.2. The molecule has 2 aliphatic rings. The van der Waals surface area contributed by atoms with Crippen LogP contribution in [-0.2, 0) is 20.7 Å². The van der Waals surface area contributed by atoms with E-state index in [1.807, 2.05) is 91.0 Å². The molecule has 9 nitrogen and oxygen atoms in total. The number of H-pyrrole nitrogens is 1. The minimum Gasteiger partial charge on any atom is -0.469 e. The molecule has 0 spiro atoms. The van der Waals surface area contributed by atoms with Crippen molar-refractivity contribution in [2.75, 3.05) is 11.5 Å². The Morgan fingerprint density at radius 2 is 1.66 bits per heavy atom. The summed E-state index contributed by atoms with van der Waals surface area (Å²) in [6.45, 7) is 0. The van der Waals surface area contributed by atoms with E-state index in [0.29, 0.717) is 22.8 Å². The van der Waals surface area contributed by atoms with E-state index in [4.69, 9.17) is 22.7 Å². The molecule has 1 saturated heterocycles. The predicted octanol–water partition coefficient (Wildman–Crippen LogP) is 3.87. The quantitative estimate of drug-likeness (QED) is 0.211. The Morgan fingerprint density at radius 3 is 2.24 bits per heavy atom. The average Bonchev–Trinajstić information content (AvgIpc) is 3.45. The number of aromatic nitrogens is 3. The van der Waals surface area contributed by atoms with E-state index < -0.39 is 12.1 Å². The third-order valence-corrected chi connectivity index (χ3v) is 8.47. The SMILES string of the molecule is Nc1n[nH]c(C2=C(C(=S)OC(c3ccccc3)c3ccccc3)N3C(=O)[C@@H](NC(=O)Cc4ccccc4)[C@H]3SC2)n1. The molecule has 2 atom stereocenters. The Hall–Kier alpha value is -4.48. The number of amides is 2. The van der Waals surface area contributed by atoms with Gasteiger partial charge in [0, 0.05) is 11.3 Å². The van der Waals surface area contributed by atoms with Gasteiger partial charge in [-0.3, -0.25) is 19.6 Å².